The smallest absolute Gasteiger partial charge is 0.408 e. The maximum atomic E-state index is 11.7. The van der Waals surface area contributed by atoms with E-state index in [1.807, 2.05) is 47.2 Å². The highest BCUT2D eigenvalue weighted by atomic mass is 35.5. The Hall–Kier alpha value is -3.19. The molecular weight excluding hydrogens is 402 g/mol. The van der Waals surface area contributed by atoms with Crippen molar-refractivity contribution >= 4 is 23.3 Å². The first-order chi connectivity index (χ1) is 14.6. The molecule has 30 heavy (non-hydrogen) atoms. The normalized spacial score (nSPS) is 18.2. The summed E-state index contributed by atoms with van der Waals surface area (Å²) in [5, 5.41) is 19.0. The molecule has 0 radical (unpaired) electrons. The number of rotatable bonds is 2. The first kappa shape index (κ1) is 18.8. The van der Waals surface area contributed by atoms with Crippen molar-refractivity contribution in [3.63, 3.8) is 0 Å². The quantitative estimate of drug-likeness (QED) is 0.650. The van der Waals surface area contributed by atoms with Gasteiger partial charge in [0.2, 0.25) is 0 Å². The van der Waals surface area contributed by atoms with Gasteiger partial charge in [-0.25, -0.2) is 4.79 Å². The molecule has 1 aromatic carbocycles. The summed E-state index contributed by atoms with van der Waals surface area (Å²) in [7, 11) is 0. The monoisotopic (exact) mass is 421 g/mol. The van der Waals surface area contributed by atoms with Gasteiger partial charge in [-0.3, -0.25) is 14.5 Å². The van der Waals surface area contributed by atoms with Gasteiger partial charge in [-0.2, -0.15) is 0 Å². The minimum absolute atomic E-state index is 0.191. The zero-order chi connectivity index (χ0) is 20.7. The number of hydrogen-bond donors (Lipinski definition) is 1. The average Bonchev–Trinajstić information content (AvgIpc) is 3.10. The summed E-state index contributed by atoms with van der Waals surface area (Å²) in [6.07, 6.45) is 5.76. The highest BCUT2D eigenvalue weighted by Gasteiger charge is 2.30. The van der Waals surface area contributed by atoms with Gasteiger partial charge in [0, 0.05) is 17.1 Å². The van der Waals surface area contributed by atoms with Crippen LogP contribution in [0.2, 0.25) is 5.02 Å². The predicted molar refractivity (Wildman–Crippen MR) is 112 cm³/mol. The summed E-state index contributed by atoms with van der Waals surface area (Å²) in [6.45, 7) is 0.457. The Morgan fingerprint density at radius 3 is 2.80 bits per heavy atom. The van der Waals surface area contributed by atoms with Crippen LogP contribution in [0.15, 0.2) is 48.7 Å². The third kappa shape index (κ3) is 3.35. The number of hydrogen-bond acceptors (Lipinski definition) is 4. The van der Waals surface area contributed by atoms with Gasteiger partial charge in [0.15, 0.2) is 5.82 Å². The molecule has 1 N–H and O–H groups in total. The van der Waals surface area contributed by atoms with Crippen LogP contribution in [-0.4, -0.2) is 35.8 Å². The summed E-state index contributed by atoms with van der Waals surface area (Å²) < 4.78 is 2.03. The first-order valence-corrected chi connectivity index (χ1v) is 10.3. The number of halogens is 1. The van der Waals surface area contributed by atoms with Crippen molar-refractivity contribution in [1.29, 1.82) is 0 Å². The van der Waals surface area contributed by atoms with Gasteiger partial charge in [0.05, 0.1) is 24.5 Å². The molecule has 1 atom stereocenters. The fourth-order valence-corrected chi connectivity index (χ4v) is 4.47. The molecule has 2 aliphatic rings. The van der Waals surface area contributed by atoms with Crippen LogP contribution in [0.25, 0.3) is 11.3 Å². The molecule has 1 amide bonds. The number of pyridine rings is 1. The van der Waals surface area contributed by atoms with E-state index in [1.165, 1.54) is 10.5 Å². The molecular formula is C22H20ClN5O2. The maximum absolute atomic E-state index is 11.7. The number of carboxylic acid groups (broad SMARTS) is 1. The minimum Gasteiger partial charge on any atom is -0.465 e. The van der Waals surface area contributed by atoms with Gasteiger partial charge < -0.3 is 5.11 Å². The van der Waals surface area contributed by atoms with Crippen molar-refractivity contribution in [3.05, 3.63) is 76.6 Å². The molecule has 7 nitrogen and oxygen atoms in total. The van der Waals surface area contributed by atoms with E-state index in [0.717, 1.165) is 42.0 Å². The van der Waals surface area contributed by atoms with Gasteiger partial charge in [0.1, 0.15) is 5.82 Å². The van der Waals surface area contributed by atoms with E-state index < -0.39 is 6.09 Å². The van der Waals surface area contributed by atoms with Crippen LogP contribution in [0, 0.1) is 0 Å². The summed E-state index contributed by atoms with van der Waals surface area (Å²) >= 11 is 6.20. The summed E-state index contributed by atoms with van der Waals surface area (Å²) in [5.41, 5.74) is 4.03. The highest BCUT2D eigenvalue weighted by molar-refractivity contribution is 6.30. The fraction of sp³-hybridized carbons (Fsp3) is 0.273. The predicted octanol–water partition coefficient (Wildman–Crippen LogP) is 4.66. The van der Waals surface area contributed by atoms with Crippen LogP contribution in [0.3, 0.4) is 0 Å². The van der Waals surface area contributed by atoms with Crippen LogP contribution in [0.4, 0.5) is 4.79 Å². The van der Waals surface area contributed by atoms with Crippen molar-refractivity contribution in [2.75, 3.05) is 0 Å². The Morgan fingerprint density at radius 1 is 1.17 bits per heavy atom. The van der Waals surface area contributed by atoms with E-state index in [1.54, 1.807) is 0 Å². The molecule has 1 aliphatic heterocycles. The third-order valence-corrected chi connectivity index (χ3v) is 6.01. The molecule has 0 bridgehead atoms. The second-order valence-electron chi connectivity index (χ2n) is 7.64. The van der Waals surface area contributed by atoms with Crippen LogP contribution in [0.5, 0.6) is 0 Å². The Kier molecular flexibility index (Phi) is 4.75. The molecule has 1 unspecified atom stereocenters. The van der Waals surface area contributed by atoms with Gasteiger partial charge in [-0.05, 0) is 60.7 Å². The fourth-order valence-electron chi connectivity index (χ4n) is 4.28. The van der Waals surface area contributed by atoms with E-state index in [2.05, 4.69) is 21.3 Å². The molecule has 0 fully saturated rings. The largest absolute Gasteiger partial charge is 0.465 e. The van der Waals surface area contributed by atoms with Crippen molar-refractivity contribution in [1.82, 2.24) is 24.6 Å². The number of fused-ring (bicyclic) bond motifs is 3. The molecule has 2 aromatic heterocycles. The second-order valence-corrected chi connectivity index (χ2v) is 8.07. The van der Waals surface area contributed by atoms with E-state index in [9.17, 15) is 9.90 Å². The van der Waals surface area contributed by atoms with Crippen molar-refractivity contribution in [2.24, 2.45) is 0 Å². The highest BCUT2D eigenvalue weighted by Crippen LogP contribution is 2.37. The second kappa shape index (κ2) is 7.57. The standard InChI is InChI=1S/C22H20ClN5O2/c23-17-8-9-19-16(11-17)12-27(22(29)30)13-20-25-26-21(28(19)20)15-6-4-14(5-7-15)18-3-1-2-10-24-18/h1-4,8-11,15H,5-7,12-13H2,(H,29,30). The van der Waals surface area contributed by atoms with Crippen LogP contribution < -0.4 is 0 Å². The SMILES string of the molecule is O=C(O)N1Cc2cc(Cl)ccc2-n2c(nnc2C2CC=C(c3ccccn3)CC2)C1. The third-order valence-electron chi connectivity index (χ3n) is 5.77. The van der Waals surface area contributed by atoms with Gasteiger partial charge >= 0.3 is 6.09 Å². The molecule has 3 heterocycles. The maximum Gasteiger partial charge on any atom is 0.408 e. The van der Waals surface area contributed by atoms with Crippen LogP contribution in [-0.2, 0) is 13.1 Å². The van der Waals surface area contributed by atoms with Crippen LogP contribution in [0.1, 0.15) is 48.1 Å². The van der Waals surface area contributed by atoms with Crippen molar-refractivity contribution in [2.45, 2.75) is 38.3 Å². The van der Waals surface area contributed by atoms with E-state index in [-0.39, 0.29) is 19.0 Å². The molecule has 8 heteroatoms. The minimum atomic E-state index is -0.987. The molecule has 0 saturated carbocycles. The Bertz CT molecular complexity index is 1140. The molecule has 3 aromatic rings. The number of benzene rings is 1. The lowest BCUT2D eigenvalue weighted by Crippen LogP contribution is -2.27. The number of carbonyl (C=O) groups is 1. The molecule has 5 rings (SSSR count). The lowest BCUT2D eigenvalue weighted by Gasteiger charge is -2.22. The van der Waals surface area contributed by atoms with Gasteiger partial charge in [-0.15, -0.1) is 10.2 Å². The average molecular weight is 422 g/mol. The Morgan fingerprint density at radius 2 is 2.07 bits per heavy atom. The van der Waals surface area contributed by atoms with E-state index in [0.29, 0.717) is 10.8 Å². The Labute approximate surface area is 178 Å². The molecule has 0 spiro atoms. The van der Waals surface area contributed by atoms with E-state index in [4.69, 9.17) is 11.6 Å². The van der Waals surface area contributed by atoms with Crippen LogP contribution >= 0.6 is 11.6 Å². The summed E-state index contributed by atoms with van der Waals surface area (Å²) in [6, 6.07) is 11.5. The number of aromatic nitrogens is 4. The molecule has 1 aliphatic carbocycles. The van der Waals surface area contributed by atoms with Crippen molar-refractivity contribution in [3.8, 4) is 5.69 Å². The zero-order valence-corrected chi connectivity index (χ0v) is 17.0. The topological polar surface area (TPSA) is 84.1 Å². The van der Waals surface area contributed by atoms with Crippen molar-refractivity contribution < 1.29 is 9.90 Å². The Balaban J connectivity index is 1.52. The summed E-state index contributed by atoms with van der Waals surface area (Å²) in [4.78, 5) is 17.5. The number of amides is 1. The number of allylic oxidation sites excluding steroid dienone is 2. The lowest BCUT2D eigenvalue weighted by atomic mass is 9.87. The summed E-state index contributed by atoms with van der Waals surface area (Å²) in [5.74, 6) is 1.71. The lowest BCUT2D eigenvalue weighted by molar-refractivity contribution is 0.139. The molecule has 0 saturated heterocycles. The first-order valence-electron chi connectivity index (χ1n) is 9.91. The van der Waals surface area contributed by atoms with Gasteiger partial charge in [-0.1, -0.05) is 23.7 Å². The number of nitrogens with zero attached hydrogens (tertiary/aromatic N) is 5. The van der Waals surface area contributed by atoms with E-state index >= 15 is 0 Å². The van der Waals surface area contributed by atoms with Gasteiger partial charge in [0.25, 0.3) is 0 Å². The zero-order valence-electron chi connectivity index (χ0n) is 16.2. The molecule has 152 valence electrons.